The van der Waals surface area contributed by atoms with Crippen molar-refractivity contribution in [3.05, 3.63) is 41.8 Å². The standard InChI is InChI=1S/C11H6ClN3/c12-11-10-7(3-1-5-14-10)9-8(15-11)4-2-6-13-9/h1-6H. The Bertz CT molecular complexity index is 651. The van der Waals surface area contributed by atoms with Crippen molar-refractivity contribution in [1.82, 2.24) is 15.0 Å². The maximum Gasteiger partial charge on any atom is 0.156 e. The van der Waals surface area contributed by atoms with Gasteiger partial charge in [0.2, 0.25) is 0 Å². The molecule has 15 heavy (non-hydrogen) atoms. The van der Waals surface area contributed by atoms with Crippen LogP contribution in [0.1, 0.15) is 0 Å². The zero-order valence-electron chi connectivity index (χ0n) is 7.68. The van der Waals surface area contributed by atoms with Crippen LogP contribution in [0.2, 0.25) is 5.15 Å². The number of halogens is 1. The molecule has 4 heteroatoms. The van der Waals surface area contributed by atoms with Gasteiger partial charge in [-0.15, -0.1) is 0 Å². The Morgan fingerprint density at radius 2 is 1.67 bits per heavy atom. The second kappa shape index (κ2) is 3.14. The van der Waals surface area contributed by atoms with Gasteiger partial charge in [0.15, 0.2) is 5.15 Å². The first-order chi connectivity index (χ1) is 7.36. The maximum absolute atomic E-state index is 6.03. The van der Waals surface area contributed by atoms with Crippen LogP contribution in [-0.2, 0) is 0 Å². The molecule has 72 valence electrons. The highest BCUT2D eigenvalue weighted by Gasteiger charge is 2.07. The Hall–Kier alpha value is -1.74. The first-order valence-corrected chi connectivity index (χ1v) is 4.89. The van der Waals surface area contributed by atoms with E-state index in [4.69, 9.17) is 11.6 Å². The highest BCUT2D eigenvalue weighted by atomic mass is 35.5. The molecular formula is C11H6ClN3. The summed E-state index contributed by atoms with van der Waals surface area (Å²) in [5, 5.41) is 1.36. The molecule has 0 aliphatic carbocycles. The van der Waals surface area contributed by atoms with Crippen molar-refractivity contribution < 1.29 is 0 Å². The van der Waals surface area contributed by atoms with E-state index in [1.54, 1.807) is 12.4 Å². The van der Waals surface area contributed by atoms with E-state index in [0.717, 1.165) is 16.4 Å². The summed E-state index contributed by atoms with van der Waals surface area (Å²) in [4.78, 5) is 12.7. The van der Waals surface area contributed by atoms with E-state index in [9.17, 15) is 0 Å². The number of rotatable bonds is 0. The lowest BCUT2D eigenvalue weighted by Gasteiger charge is -2.02. The van der Waals surface area contributed by atoms with Crippen LogP contribution < -0.4 is 0 Å². The topological polar surface area (TPSA) is 38.7 Å². The third-order valence-electron chi connectivity index (χ3n) is 2.26. The number of fused-ring (bicyclic) bond motifs is 3. The summed E-state index contributed by atoms with van der Waals surface area (Å²) in [6.45, 7) is 0. The number of nitrogens with zero attached hydrogens (tertiary/aromatic N) is 3. The normalized spacial score (nSPS) is 11.0. The summed E-state index contributed by atoms with van der Waals surface area (Å²) < 4.78 is 0. The molecule has 0 aliphatic rings. The van der Waals surface area contributed by atoms with E-state index in [2.05, 4.69) is 15.0 Å². The number of hydrogen-bond acceptors (Lipinski definition) is 3. The minimum absolute atomic E-state index is 0.422. The van der Waals surface area contributed by atoms with Crippen molar-refractivity contribution in [1.29, 1.82) is 0 Å². The third kappa shape index (κ3) is 1.24. The molecule has 3 aromatic rings. The average molecular weight is 216 g/mol. The van der Waals surface area contributed by atoms with Crippen molar-refractivity contribution >= 4 is 33.5 Å². The van der Waals surface area contributed by atoms with Crippen LogP contribution in [0.25, 0.3) is 21.9 Å². The zero-order chi connectivity index (χ0) is 10.3. The number of aromatic nitrogens is 3. The van der Waals surface area contributed by atoms with Gasteiger partial charge in [-0.2, -0.15) is 0 Å². The second-order valence-corrected chi connectivity index (χ2v) is 3.53. The van der Waals surface area contributed by atoms with Crippen LogP contribution in [-0.4, -0.2) is 15.0 Å². The molecule has 0 amide bonds. The number of hydrogen-bond donors (Lipinski definition) is 0. The summed E-state index contributed by atoms with van der Waals surface area (Å²) in [7, 11) is 0. The van der Waals surface area contributed by atoms with Crippen LogP contribution in [0.5, 0.6) is 0 Å². The molecule has 0 atom stereocenters. The predicted molar refractivity (Wildman–Crippen MR) is 59.8 cm³/mol. The van der Waals surface area contributed by atoms with Gasteiger partial charge in [0, 0.05) is 17.8 Å². The molecule has 3 nitrogen and oxygen atoms in total. The first-order valence-electron chi connectivity index (χ1n) is 4.51. The van der Waals surface area contributed by atoms with E-state index in [0.29, 0.717) is 10.7 Å². The van der Waals surface area contributed by atoms with Gasteiger partial charge in [-0.3, -0.25) is 9.97 Å². The molecule has 0 unspecified atom stereocenters. The Morgan fingerprint density at radius 3 is 2.53 bits per heavy atom. The molecule has 0 radical (unpaired) electrons. The monoisotopic (exact) mass is 215 g/mol. The molecule has 0 bridgehead atoms. The summed E-state index contributed by atoms with van der Waals surface area (Å²) in [6, 6.07) is 7.55. The zero-order valence-corrected chi connectivity index (χ0v) is 8.44. The third-order valence-corrected chi connectivity index (χ3v) is 2.53. The first kappa shape index (κ1) is 8.56. The quantitative estimate of drug-likeness (QED) is 0.428. The molecule has 0 saturated carbocycles. The molecule has 0 spiro atoms. The van der Waals surface area contributed by atoms with Crippen LogP contribution in [0.4, 0.5) is 0 Å². The smallest absolute Gasteiger partial charge is 0.156 e. The Kier molecular flexibility index (Phi) is 1.79. The van der Waals surface area contributed by atoms with Crippen LogP contribution in [0.15, 0.2) is 36.7 Å². The molecule has 3 heterocycles. The van der Waals surface area contributed by atoms with Crippen LogP contribution in [0.3, 0.4) is 0 Å². The van der Waals surface area contributed by atoms with Crippen LogP contribution in [0, 0.1) is 0 Å². The van der Waals surface area contributed by atoms with Crippen molar-refractivity contribution in [3.63, 3.8) is 0 Å². The average Bonchev–Trinajstić information content (AvgIpc) is 2.30. The van der Waals surface area contributed by atoms with Gasteiger partial charge in [-0.25, -0.2) is 4.98 Å². The highest BCUT2D eigenvalue weighted by Crippen LogP contribution is 2.25. The van der Waals surface area contributed by atoms with E-state index >= 15 is 0 Å². The Morgan fingerprint density at radius 1 is 0.933 bits per heavy atom. The van der Waals surface area contributed by atoms with Crippen molar-refractivity contribution in [2.45, 2.75) is 0 Å². The van der Waals surface area contributed by atoms with Gasteiger partial charge in [0.1, 0.15) is 5.52 Å². The second-order valence-electron chi connectivity index (χ2n) is 3.17. The Balaban J connectivity index is 2.64. The number of pyridine rings is 3. The summed E-state index contributed by atoms with van der Waals surface area (Å²) in [6.07, 6.45) is 3.44. The molecule has 0 saturated heterocycles. The van der Waals surface area contributed by atoms with Gasteiger partial charge in [0.05, 0.1) is 11.0 Å². The fourth-order valence-corrected chi connectivity index (χ4v) is 1.86. The highest BCUT2D eigenvalue weighted by molar-refractivity contribution is 6.35. The molecule has 3 rings (SSSR count). The largest absolute Gasteiger partial charge is 0.254 e. The molecule has 0 aliphatic heterocycles. The lowest BCUT2D eigenvalue weighted by molar-refractivity contribution is 1.32. The minimum atomic E-state index is 0.422. The summed E-state index contributed by atoms with van der Waals surface area (Å²) >= 11 is 6.03. The van der Waals surface area contributed by atoms with Gasteiger partial charge < -0.3 is 0 Å². The molecule has 0 aromatic carbocycles. The SMILES string of the molecule is Clc1nc2cccnc2c2cccnc12. The van der Waals surface area contributed by atoms with E-state index in [-0.39, 0.29) is 0 Å². The van der Waals surface area contributed by atoms with E-state index in [1.165, 1.54) is 0 Å². The summed E-state index contributed by atoms with van der Waals surface area (Å²) in [5.74, 6) is 0. The van der Waals surface area contributed by atoms with Gasteiger partial charge in [-0.05, 0) is 24.3 Å². The molecule has 0 N–H and O–H groups in total. The molecule has 0 fully saturated rings. The van der Waals surface area contributed by atoms with Crippen molar-refractivity contribution in [2.75, 3.05) is 0 Å². The van der Waals surface area contributed by atoms with Crippen molar-refractivity contribution in [3.8, 4) is 0 Å². The molecular weight excluding hydrogens is 210 g/mol. The van der Waals surface area contributed by atoms with E-state index in [1.807, 2.05) is 24.3 Å². The lowest BCUT2D eigenvalue weighted by Crippen LogP contribution is -1.88. The van der Waals surface area contributed by atoms with Gasteiger partial charge in [0.25, 0.3) is 0 Å². The van der Waals surface area contributed by atoms with E-state index < -0.39 is 0 Å². The van der Waals surface area contributed by atoms with Gasteiger partial charge in [-0.1, -0.05) is 11.6 Å². The van der Waals surface area contributed by atoms with Crippen molar-refractivity contribution in [2.24, 2.45) is 0 Å². The summed E-state index contributed by atoms with van der Waals surface area (Å²) in [5.41, 5.74) is 2.33. The fourth-order valence-electron chi connectivity index (χ4n) is 1.61. The Labute approximate surface area is 90.8 Å². The van der Waals surface area contributed by atoms with Crippen LogP contribution >= 0.6 is 11.6 Å². The lowest BCUT2D eigenvalue weighted by atomic mass is 10.2. The fraction of sp³-hybridized carbons (Fsp3) is 0. The minimum Gasteiger partial charge on any atom is -0.254 e. The predicted octanol–water partition coefficient (Wildman–Crippen LogP) is 2.83. The maximum atomic E-state index is 6.03. The van der Waals surface area contributed by atoms with Gasteiger partial charge >= 0.3 is 0 Å². The molecule has 3 aromatic heterocycles.